The van der Waals surface area contributed by atoms with Crippen molar-refractivity contribution in [3.05, 3.63) is 81.9 Å². The number of urea groups is 1. The first-order chi connectivity index (χ1) is 12.9. The summed E-state index contributed by atoms with van der Waals surface area (Å²) in [6.45, 7) is 0.647. The maximum Gasteiger partial charge on any atom is 0.416 e. The van der Waals surface area contributed by atoms with Crippen molar-refractivity contribution < 1.29 is 22.4 Å². The average Bonchev–Trinajstić information content (AvgIpc) is 3.33. The number of nitrogens with one attached hydrogen (secondary N) is 1. The third-order valence-electron chi connectivity index (χ3n) is 3.84. The third kappa shape index (κ3) is 5.37. The Morgan fingerprint density at radius 2 is 1.96 bits per heavy atom. The minimum Gasteiger partial charge on any atom is -0.467 e. The van der Waals surface area contributed by atoms with Gasteiger partial charge in [0.15, 0.2) is 0 Å². The Morgan fingerprint density at radius 1 is 1.11 bits per heavy atom. The van der Waals surface area contributed by atoms with Crippen LogP contribution in [0.15, 0.2) is 64.6 Å². The van der Waals surface area contributed by atoms with Gasteiger partial charge in [-0.3, -0.25) is 0 Å². The Bertz CT molecular complexity index is 825. The van der Waals surface area contributed by atoms with Crippen LogP contribution in [0.1, 0.15) is 21.8 Å². The molecule has 0 aliphatic heterocycles. The van der Waals surface area contributed by atoms with Crippen molar-refractivity contribution in [2.24, 2.45) is 0 Å². The van der Waals surface area contributed by atoms with Gasteiger partial charge in [-0.2, -0.15) is 13.2 Å². The fourth-order valence-corrected chi connectivity index (χ4v) is 3.25. The average molecular weight is 394 g/mol. The molecule has 2 aromatic heterocycles. The van der Waals surface area contributed by atoms with E-state index in [9.17, 15) is 18.0 Å². The Labute approximate surface area is 158 Å². The fourth-order valence-electron chi connectivity index (χ4n) is 2.53. The fraction of sp³-hybridized carbons (Fsp3) is 0.211. The van der Waals surface area contributed by atoms with Crippen LogP contribution in [0.5, 0.6) is 0 Å². The normalized spacial score (nSPS) is 11.4. The Hall–Kier alpha value is -2.74. The standard InChI is InChI=1S/C19H17F3N2O2S/c20-19(21,22)15-5-1-4-14(10-15)11-23-18(25)24(12-16-6-2-8-26-16)13-17-7-3-9-27-17/h1-10H,11-13H2,(H,23,25). The number of nitrogens with zero attached hydrogens (tertiary/aromatic N) is 1. The highest BCUT2D eigenvalue weighted by atomic mass is 32.1. The SMILES string of the molecule is O=C(NCc1cccc(C(F)(F)F)c1)N(Cc1ccco1)Cc1cccs1. The van der Waals surface area contributed by atoms with E-state index in [1.807, 2.05) is 17.5 Å². The number of carbonyl (C=O) groups is 1. The van der Waals surface area contributed by atoms with Gasteiger partial charge >= 0.3 is 12.2 Å². The molecule has 1 aromatic carbocycles. The highest BCUT2D eigenvalue weighted by Gasteiger charge is 2.30. The lowest BCUT2D eigenvalue weighted by Gasteiger charge is -2.22. The molecule has 1 N–H and O–H groups in total. The number of furan rings is 1. The maximum atomic E-state index is 12.8. The number of carbonyl (C=O) groups excluding carboxylic acids is 1. The van der Waals surface area contributed by atoms with Crippen LogP contribution < -0.4 is 5.32 Å². The summed E-state index contributed by atoms with van der Waals surface area (Å²) < 4.78 is 43.7. The summed E-state index contributed by atoms with van der Waals surface area (Å²) in [4.78, 5) is 15.2. The van der Waals surface area contributed by atoms with E-state index >= 15 is 0 Å². The van der Waals surface area contributed by atoms with Crippen LogP contribution in [0.3, 0.4) is 0 Å². The zero-order valence-electron chi connectivity index (χ0n) is 14.2. The molecular formula is C19H17F3N2O2S. The molecule has 0 fully saturated rings. The lowest BCUT2D eigenvalue weighted by Crippen LogP contribution is -2.38. The van der Waals surface area contributed by atoms with E-state index in [4.69, 9.17) is 4.42 Å². The third-order valence-corrected chi connectivity index (χ3v) is 4.70. The largest absolute Gasteiger partial charge is 0.467 e. The van der Waals surface area contributed by atoms with E-state index in [0.717, 1.165) is 17.0 Å². The summed E-state index contributed by atoms with van der Waals surface area (Å²) in [5.41, 5.74) is -0.354. The second kappa shape index (κ2) is 8.30. The summed E-state index contributed by atoms with van der Waals surface area (Å²) in [6.07, 6.45) is -2.89. The maximum absolute atomic E-state index is 12.8. The molecule has 0 unspecified atom stereocenters. The van der Waals surface area contributed by atoms with Gasteiger partial charge in [0, 0.05) is 11.4 Å². The van der Waals surface area contributed by atoms with Crippen LogP contribution >= 0.6 is 11.3 Å². The Kier molecular flexibility index (Phi) is 5.85. The van der Waals surface area contributed by atoms with E-state index in [2.05, 4.69) is 5.32 Å². The number of rotatable bonds is 6. The summed E-state index contributed by atoms with van der Waals surface area (Å²) in [6, 6.07) is 11.9. The van der Waals surface area contributed by atoms with Gasteiger partial charge in [-0.1, -0.05) is 18.2 Å². The molecular weight excluding hydrogens is 377 g/mol. The summed E-state index contributed by atoms with van der Waals surface area (Å²) in [5, 5.41) is 4.60. The monoisotopic (exact) mass is 394 g/mol. The molecule has 0 saturated carbocycles. The predicted molar refractivity (Wildman–Crippen MR) is 96.0 cm³/mol. The molecule has 8 heteroatoms. The molecule has 0 saturated heterocycles. The first kappa shape index (κ1) is 19.0. The van der Waals surface area contributed by atoms with Crippen molar-refractivity contribution in [1.29, 1.82) is 0 Å². The summed E-state index contributed by atoms with van der Waals surface area (Å²) in [7, 11) is 0. The molecule has 142 valence electrons. The van der Waals surface area contributed by atoms with E-state index < -0.39 is 11.7 Å². The van der Waals surface area contributed by atoms with Gasteiger partial charge in [-0.05, 0) is 41.3 Å². The van der Waals surface area contributed by atoms with Gasteiger partial charge < -0.3 is 14.6 Å². The molecule has 3 rings (SSSR count). The quantitative estimate of drug-likeness (QED) is 0.619. The van der Waals surface area contributed by atoms with E-state index in [0.29, 0.717) is 17.9 Å². The van der Waals surface area contributed by atoms with Gasteiger partial charge in [0.05, 0.1) is 24.9 Å². The molecule has 2 heterocycles. The number of hydrogen-bond acceptors (Lipinski definition) is 3. The second-order valence-corrected chi connectivity index (χ2v) is 6.90. The van der Waals surface area contributed by atoms with Gasteiger partial charge in [0.25, 0.3) is 0 Å². The van der Waals surface area contributed by atoms with Crippen molar-refractivity contribution in [3.8, 4) is 0 Å². The van der Waals surface area contributed by atoms with Crippen LogP contribution in [0.2, 0.25) is 0 Å². The lowest BCUT2D eigenvalue weighted by atomic mass is 10.1. The van der Waals surface area contributed by atoms with Crippen molar-refractivity contribution >= 4 is 17.4 Å². The molecule has 0 spiro atoms. The minimum atomic E-state index is -4.41. The Balaban J connectivity index is 1.67. The smallest absolute Gasteiger partial charge is 0.416 e. The number of alkyl halides is 3. The number of benzene rings is 1. The topological polar surface area (TPSA) is 45.5 Å². The summed E-state index contributed by atoms with van der Waals surface area (Å²) >= 11 is 1.52. The van der Waals surface area contributed by atoms with Gasteiger partial charge in [-0.25, -0.2) is 4.79 Å². The number of hydrogen-bond donors (Lipinski definition) is 1. The molecule has 27 heavy (non-hydrogen) atoms. The molecule has 4 nitrogen and oxygen atoms in total. The van der Waals surface area contributed by atoms with E-state index in [1.54, 1.807) is 23.1 Å². The van der Waals surface area contributed by atoms with Crippen molar-refractivity contribution in [2.75, 3.05) is 0 Å². The van der Waals surface area contributed by atoms with Crippen molar-refractivity contribution in [3.63, 3.8) is 0 Å². The lowest BCUT2D eigenvalue weighted by molar-refractivity contribution is -0.137. The summed E-state index contributed by atoms with van der Waals surface area (Å²) in [5.74, 6) is 0.626. The Morgan fingerprint density at radius 3 is 2.63 bits per heavy atom. The molecule has 0 aliphatic carbocycles. The molecule has 3 aromatic rings. The molecule has 0 aliphatic rings. The van der Waals surface area contributed by atoms with Crippen LogP contribution in [0, 0.1) is 0 Å². The highest BCUT2D eigenvalue weighted by Crippen LogP contribution is 2.29. The van der Waals surface area contributed by atoms with Crippen LogP contribution in [0.4, 0.5) is 18.0 Å². The highest BCUT2D eigenvalue weighted by molar-refractivity contribution is 7.09. The van der Waals surface area contributed by atoms with E-state index in [-0.39, 0.29) is 19.1 Å². The molecule has 2 amide bonds. The van der Waals surface area contributed by atoms with Crippen LogP contribution in [-0.2, 0) is 25.8 Å². The van der Waals surface area contributed by atoms with E-state index in [1.165, 1.54) is 23.7 Å². The number of amides is 2. The second-order valence-electron chi connectivity index (χ2n) is 5.87. The molecule has 0 atom stereocenters. The number of thiophene rings is 1. The minimum absolute atomic E-state index is 0.00183. The van der Waals surface area contributed by atoms with Crippen LogP contribution in [0.25, 0.3) is 0 Å². The molecule has 0 bridgehead atoms. The predicted octanol–water partition coefficient (Wildman–Crippen LogP) is 5.27. The van der Waals surface area contributed by atoms with Gasteiger partial charge in [0.2, 0.25) is 0 Å². The van der Waals surface area contributed by atoms with Crippen molar-refractivity contribution in [2.45, 2.75) is 25.8 Å². The van der Waals surface area contributed by atoms with Crippen molar-refractivity contribution in [1.82, 2.24) is 10.2 Å². The molecule has 0 radical (unpaired) electrons. The first-order valence-electron chi connectivity index (χ1n) is 8.15. The first-order valence-corrected chi connectivity index (χ1v) is 9.03. The zero-order chi connectivity index (χ0) is 19.3. The zero-order valence-corrected chi connectivity index (χ0v) is 15.0. The van der Waals surface area contributed by atoms with Gasteiger partial charge in [-0.15, -0.1) is 11.3 Å². The van der Waals surface area contributed by atoms with Crippen LogP contribution in [-0.4, -0.2) is 10.9 Å². The van der Waals surface area contributed by atoms with Gasteiger partial charge in [0.1, 0.15) is 5.76 Å². The number of halogens is 3.